The maximum Gasteiger partial charge on any atom is 0.259 e. The fourth-order valence-corrected chi connectivity index (χ4v) is 5.93. The van der Waals surface area contributed by atoms with Crippen LogP contribution in [0.25, 0.3) is 22.8 Å². The molecule has 192 valence electrons. The molecule has 0 saturated heterocycles. The predicted molar refractivity (Wildman–Crippen MR) is 163 cm³/mol. The summed E-state index contributed by atoms with van der Waals surface area (Å²) >= 11 is 0. The number of para-hydroxylation sites is 1. The zero-order valence-electron chi connectivity index (χ0n) is 23.0. The van der Waals surface area contributed by atoms with Gasteiger partial charge in [-0.25, -0.2) is 0 Å². The second-order valence-corrected chi connectivity index (χ2v) is 10.9. The van der Waals surface area contributed by atoms with Crippen molar-refractivity contribution in [2.75, 3.05) is 4.90 Å². The van der Waals surface area contributed by atoms with Gasteiger partial charge in [0.15, 0.2) is 0 Å². The van der Waals surface area contributed by atoms with Crippen molar-refractivity contribution in [1.29, 1.82) is 0 Å². The highest BCUT2D eigenvalue weighted by atomic mass is 16.2. The Morgan fingerprint density at radius 3 is 1.90 bits per heavy atom. The Hall–Kier alpha value is -4.43. The summed E-state index contributed by atoms with van der Waals surface area (Å²) in [7, 11) is 0. The van der Waals surface area contributed by atoms with Crippen molar-refractivity contribution in [3.05, 3.63) is 148 Å². The molecule has 39 heavy (non-hydrogen) atoms. The van der Waals surface area contributed by atoms with Crippen molar-refractivity contribution in [2.24, 2.45) is 0 Å². The fraction of sp³-hybridized carbons (Fsp3) is 0.162. The molecule has 0 fully saturated rings. The van der Waals surface area contributed by atoms with Crippen LogP contribution in [0, 0.1) is 13.8 Å². The van der Waals surface area contributed by atoms with Crippen LogP contribution in [0.2, 0.25) is 0 Å². The van der Waals surface area contributed by atoms with Crippen LogP contribution in [0.3, 0.4) is 0 Å². The topological polar surface area (TPSA) is 20.3 Å². The normalized spacial score (nSPS) is 14.2. The summed E-state index contributed by atoms with van der Waals surface area (Å²) in [6.45, 7) is 8.81. The molecule has 0 radical (unpaired) electrons. The first-order valence-corrected chi connectivity index (χ1v) is 13.7. The molecular formula is C37H33NO. The van der Waals surface area contributed by atoms with Gasteiger partial charge >= 0.3 is 0 Å². The molecule has 0 unspecified atom stereocenters. The van der Waals surface area contributed by atoms with Crippen LogP contribution >= 0.6 is 0 Å². The highest BCUT2D eigenvalue weighted by Gasteiger charge is 2.38. The first-order valence-electron chi connectivity index (χ1n) is 13.7. The van der Waals surface area contributed by atoms with Gasteiger partial charge in [-0.2, -0.15) is 0 Å². The molecule has 0 saturated carbocycles. The molecule has 3 aromatic rings. The summed E-state index contributed by atoms with van der Waals surface area (Å²) in [5.41, 5.74) is 12.2. The molecule has 2 aliphatic carbocycles. The monoisotopic (exact) mass is 507 g/mol. The molecule has 0 N–H and O–H groups in total. The van der Waals surface area contributed by atoms with E-state index in [9.17, 15) is 4.79 Å². The SMILES string of the molecule is Cc1cc(C=C2C(=O)N(C(c3ccccc3)c3ccccc3)c3ccccc32)c2c(C)ccc(C(C)C)cc1-2. The zero-order chi connectivity index (χ0) is 27.1. The third kappa shape index (κ3) is 4.36. The Balaban J connectivity index is 1.53. The van der Waals surface area contributed by atoms with Crippen LogP contribution in [0.5, 0.6) is 0 Å². The van der Waals surface area contributed by atoms with E-state index in [2.05, 4.69) is 94.4 Å². The molecule has 2 heteroatoms. The van der Waals surface area contributed by atoms with Crippen molar-refractivity contribution in [3.8, 4) is 11.1 Å². The number of anilines is 1. The highest BCUT2D eigenvalue weighted by Crippen LogP contribution is 2.46. The summed E-state index contributed by atoms with van der Waals surface area (Å²) in [5.74, 6) is 0.475. The zero-order valence-corrected chi connectivity index (χ0v) is 23.0. The molecule has 1 aliphatic heterocycles. The third-order valence-electron chi connectivity index (χ3n) is 7.94. The summed E-state index contributed by atoms with van der Waals surface area (Å²) in [5, 5.41) is 0. The van der Waals surface area contributed by atoms with Crippen LogP contribution in [-0.4, -0.2) is 5.91 Å². The third-order valence-corrected chi connectivity index (χ3v) is 7.94. The molecule has 0 spiro atoms. The number of fused-ring (bicyclic) bond motifs is 2. The summed E-state index contributed by atoms with van der Waals surface area (Å²) in [6, 6.07) is 37.6. The van der Waals surface area contributed by atoms with Crippen molar-refractivity contribution < 1.29 is 4.79 Å². The van der Waals surface area contributed by atoms with E-state index in [0.717, 1.165) is 33.5 Å². The lowest BCUT2D eigenvalue weighted by Crippen LogP contribution is -2.32. The minimum Gasteiger partial charge on any atom is -0.296 e. The van der Waals surface area contributed by atoms with E-state index in [1.165, 1.54) is 27.8 Å². The number of rotatable bonds is 5. The van der Waals surface area contributed by atoms with Gasteiger partial charge in [-0.1, -0.05) is 117 Å². The van der Waals surface area contributed by atoms with Crippen molar-refractivity contribution in [3.63, 3.8) is 0 Å². The quantitative estimate of drug-likeness (QED) is 0.217. The highest BCUT2D eigenvalue weighted by molar-refractivity contribution is 6.36. The summed E-state index contributed by atoms with van der Waals surface area (Å²) in [6.07, 6.45) is 2.12. The largest absolute Gasteiger partial charge is 0.296 e. The Kier molecular flexibility index (Phi) is 6.40. The van der Waals surface area contributed by atoms with Gasteiger partial charge in [-0.05, 0) is 76.4 Å². The maximum absolute atomic E-state index is 14.4. The second kappa shape index (κ2) is 10.0. The van der Waals surface area contributed by atoms with Crippen molar-refractivity contribution in [2.45, 2.75) is 39.7 Å². The maximum atomic E-state index is 14.4. The standard InChI is InChI=1S/C37H33NO/c1-24(2)29-20-19-25(3)35-30(21-26(4)32(35)22-29)23-33-31-17-11-12-18-34(31)38(37(33)39)36(27-13-7-5-8-14-27)28-15-9-6-10-16-28/h5-24,36H,1-4H3. The van der Waals surface area contributed by atoms with Crippen LogP contribution in [0.1, 0.15) is 64.8 Å². The molecule has 6 rings (SSSR count). The van der Waals surface area contributed by atoms with Gasteiger partial charge in [0.05, 0.1) is 11.7 Å². The molecule has 0 bridgehead atoms. The lowest BCUT2D eigenvalue weighted by atomic mass is 9.97. The minimum atomic E-state index is -0.224. The molecule has 1 heterocycles. The lowest BCUT2D eigenvalue weighted by molar-refractivity contribution is -0.113. The number of hydrogen-bond donors (Lipinski definition) is 0. The fourth-order valence-electron chi connectivity index (χ4n) is 5.93. The molecule has 3 aromatic carbocycles. The summed E-state index contributed by atoms with van der Waals surface area (Å²) in [4.78, 5) is 16.4. The molecule has 0 atom stereocenters. The number of amides is 1. The number of carbonyl (C=O) groups excluding carboxylic acids is 1. The lowest BCUT2D eigenvalue weighted by Gasteiger charge is -2.29. The van der Waals surface area contributed by atoms with E-state index in [4.69, 9.17) is 0 Å². The molecular weight excluding hydrogens is 474 g/mol. The number of aryl methyl sites for hydroxylation is 2. The number of benzene rings is 3. The van der Waals surface area contributed by atoms with Gasteiger partial charge in [0.25, 0.3) is 5.91 Å². The van der Waals surface area contributed by atoms with Gasteiger partial charge < -0.3 is 0 Å². The number of nitrogens with zero attached hydrogens (tertiary/aromatic N) is 1. The van der Waals surface area contributed by atoms with E-state index in [1.54, 1.807) is 0 Å². The smallest absolute Gasteiger partial charge is 0.259 e. The van der Waals surface area contributed by atoms with Gasteiger partial charge in [0, 0.05) is 11.1 Å². The molecule has 1 amide bonds. The number of carbonyl (C=O) groups is 1. The van der Waals surface area contributed by atoms with Crippen LogP contribution < -0.4 is 4.90 Å². The van der Waals surface area contributed by atoms with Crippen LogP contribution in [-0.2, 0) is 4.79 Å². The molecule has 0 aromatic heterocycles. The van der Waals surface area contributed by atoms with E-state index in [1.807, 2.05) is 53.4 Å². The average molecular weight is 508 g/mol. The van der Waals surface area contributed by atoms with Crippen LogP contribution in [0.15, 0.2) is 109 Å². The molecule has 3 aliphatic rings. The Morgan fingerprint density at radius 2 is 1.26 bits per heavy atom. The van der Waals surface area contributed by atoms with E-state index in [0.29, 0.717) is 5.92 Å². The van der Waals surface area contributed by atoms with Gasteiger partial charge in [-0.15, -0.1) is 0 Å². The van der Waals surface area contributed by atoms with E-state index < -0.39 is 0 Å². The average Bonchev–Trinajstić information content (AvgIpc) is 3.32. The van der Waals surface area contributed by atoms with Gasteiger partial charge in [-0.3, -0.25) is 9.69 Å². The van der Waals surface area contributed by atoms with Gasteiger partial charge in [0.1, 0.15) is 0 Å². The van der Waals surface area contributed by atoms with Crippen molar-refractivity contribution in [1.82, 2.24) is 0 Å². The molecule has 2 nitrogen and oxygen atoms in total. The van der Waals surface area contributed by atoms with E-state index in [-0.39, 0.29) is 11.9 Å². The predicted octanol–water partition coefficient (Wildman–Crippen LogP) is 9.21. The van der Waals surface area contributed by atoms with Crippen molar-refractivity contribution >= 4 is 23.2 Å². The first-order chi connectivity index (χ1) is 18.9. The van der Waals surface area contributed by atoms with Gasteiger partial charge in [0.2, 0.25) is 0 Å². The summed E-state index contributed by atoms with van der Waals surface area (Å²) < 4.78 is 0. The number of hydrogen-bond acceptors (Lipinski definition) is 1. The van der Waals surface area contributed by atoms with E-state index >= 15 is 0 Å². The first kappa shape index (κ1) is 24.9. The minimum absolute atomic E-state index is 0.0294. The Morgan fingerprint density at radius 1 is 0.641 bits per heavy atom. The Labute approximate surface area is 231 Å². The van der Waals surface area contributed by atoms with Crippen LogP contribution in [0.4, 0.5) is 5.69 Å². The second-order valence-electron chi connectivity index (χ2n) is 10.9. The Bertz CT molecular complexity index is 1620.